The van der Waals surface area contributed by atoms with Crippen LogP contribution in [-0.2, 0) is 6.42 Å². The van der Waals surface area contributed by atoms with Crippen molar-refractivity contribution in [1.29, 1.82) is 0 Å². The summed E-state index contributed by atoms with van der Waals surface area (Å²) in [6, 6.07) is 15.2. The summed E-state index contributed by atoms with van der Waals surface area (Å²) in [6.07, 6.45) is 1.12. The summed E-state index contributed by atoms with van der Waals surface area (Å²) in [6.45, 7) is 7.69. The molecule has 0 aliphatic carbocycles. The summed E-state index contributed by atoms with van der Waals surface area (Å²) in [5.41, 5.74) is 1.59. The van der Waals surface area contributed by atoms with E-state index in [4.69, 9.17) is 0 Å². The molecule has 1 heterocycles. The molecule has 0 bridgehead atoms. The van der Waals surface area contributed by atoms with Gasteiger partial charge >= 0.3 is 0 Å². The van der Waals surface area contributed by atoms with Crippen molar-refractivity contribution in [2.45, 2.75) is 38.6 Å². The fourth-order valence-corrected chi connectivity index (χ4v) is 2.92. The second kappa shape index (κ2) is 6.36. The Morgan fingerprint density at radius 3 is 2.37 bits per heavy atom. The van der Waals surface area contributed by atoms with Crippen molar-refractivity contribution in [1.82, 2.24) is 5.32 Å². The summed E-state index contributed by atoms with van der Waals surface area (Å²) < 4.78 is 0. The highest BCUT2D eigenvalue weighted by atomic mass is 32.1. The summed E-state index contributed by atoms with van der Waals surface area (Å²) in [5, 5.41) is 5.80. The molecule has 1 aromatic carbocycles. The van der Waals surface area contributed by atoms with Crippen LogP contribution >= 0.6 is 11.3 Å². The second-order valence-electron chi connectivity index (χ2n) is 6.02. The van der Waals surface area contributed by atoms with Crippen molar-refractivity contribution in [3.63, 3.8) is 0 Å². The third-order valence-electron chi connectivity index (χ3n) is 3.18. The van der Waals surface area contributed by atoms with Gasteiger partial charge in [-0.25, -0.2) is 0 Å². The molecule has 0 spiro atoms. The van der Waals surface area contributed by atoms with Gasteiger partial charge in [0.2, 0.25) is 0 Å². The van der Waals surface area contributed by atoms with Crippen LogP contribution in [0.5, 0.6) is 0 Å². The Bertz CT molecular complexity index is 468. The molecule has 0 saturated carbocycles. The third kappa shape index (κ3) is 4.81. The van der Waals surface area contributed by atoms with Gasteiger partial charge in [0, 0.05) is 22.9 Å². The molecule has 19 heavy (non-hydrogen) atoms. The lowest BCUT2D eigenvalue weighted by Gasteiger charge is -2.25. The Kier molecular flexibility index (Phi) is 4.78. The van der Waals surface area contributed by atoms with Crippen molar-refractivity contribution in [3.8, 4) is 0 Å². The summed E-state index contributed by atoms with van der Waals surface area (Å²) in [4.78, 5) is 1.46. The van der Waals surface area contributed by atoms with Crippen molar-refractivity contribution < 1.29 is 0 Å². The maximum Gasteiger partial charge on any atom is 0.00967 e. The first-order valence-electron chi connectivity index (χ1n) is 6.87. The Labute approximate surface area is 120 Å². The van der Waals surface area contributed by atoms with E-state index in [1.165, 1.54) is 10.4 Å². The molecular weight excluding hydrogens is 250 g/mol. The van der Waals surface area contributed by atoms with Crippen LogP contribution < -0.4 is 5.32 Å². The quantitative estimate of drug-likeness (QED) is 0.848. The second-order valence-corrected chi connectivity index (χ2v) is 7.05. The maximum atomic E-state index is 3.64. The molecule has 0 fully saturated rings. The Morgan fingerprint density at radius 2 is 1.79 bits per heavy atom. The van der Waals surface area contributed by atoms with E-state index in [9.17, 15) is 0 Å². The maximum absolute atomic E-state index is 3.64. The van der Waals surface area contributed by atoms with E-state index in [1.54, 1.807) is 0 Å². The number of hydrogen-bond donors (Lipinski definition) is 1. The van der Waals surface area contributed by atoms with E-state index >= 15 is 0 Å². The predicted octanol–water partition coefficient (Wildman–Crippen LogP) is 4.46. The largest absolute Gasteiger partial charge is 0.311 e. The minimum absolute atomic E-state index is 0.169. The lowest BCUT2D eigenvalue weighted by atomic mass is 9.94. The smallest absolute Gasteiger partial charge is 0.00967 e. The summed E-state index contributed by atoms with van der Waals surface area (Å²) >= 11 is 1.85. The minimum Gasteiger partial charge on any atom is -0.311 e. The molecule has 1 nitrogen and oxygen atoms in total. The van der Waals surface area contributed by atoms with E-state index < -0.39 is 0 Å². The first kappa shape index (κ1) is 14.3. The topological polar surface area (TPSA) is 12.0 Å². The molecule has 2 heteroatoms. The number of benzene rings is 1. The number of hydrogen-bond acceptors (Lipinski definition) is 2. The van der Waals surface area contributed by atoms with E-state index in [0.717, 1.165) is 13.0 Å². The molecule has 1 atom stereocenters. The van der Waals surface area contributed by atoms with E-state index in [2.05, 4.69) is 73.9 Å². The molecule has 0 saturated heterocycles. The average Bonchev–Trinajstić information content (AvgIpc) is 2.87. The van der Waals surface area contributed by atoms with Gasteiger partial charge in [0.1, 0.15) is 0 Å². The molecule has 1 unspecified atom stereocenters. The van der Waals surface area contributed by atoms with Gasteiger partial charge in [-0.1, -0.05) is 36.4 Å². The zero-order valence-corrected chi connectivity index (χ0v) is 12.8. The molecule has 2 aromatic rings. The number of thiophene rings is 1. The molecule has 0 aliphatic rings. The lowest BCUT2D eigenvalue weighted by molar-refractivity contribution is 0.405. The highest BCUT2D eigenvalue weighted by molar-refractivity contribution is 7.09. The minimum atomic E-state index is 0.169. The zero-order chi connectivity index (χ0) is 13.7. The first-order valence-corrected chi connectivity index (χ1v) is 7.75. The van der Waals surface area contributed by atoms with Crippen LogP contribution in [-0.4, -0.2) is 12.1 Å². The molecule has 1 N–H and O–H groups in total. The van der Waals surface area contributed by atoms with Crippen molar-refractivity contribution in [2.24, 2.45) is 0 Å². The monoisotopic (exact) mass is 273 g/mol. The molecule has 2 rings (SSSR count). The Morgan fingerprint density at radius 1 is 1.05 bits per heavy atom. The predicted molar refractivity (Wildman–Crippen MR) is 85.0 cm³/mol. The van der Waals surface area contributed by atoms with Gasteiger partial charge in [-0.05, 0) is 44.2 Å². The van der Waals surface area contributed by atoms with Crippen LogP contribution in [0, 0.1) is 0 Å². The van der Waals surface area contributed by atoms with E-state index in [1.807, 2.05) is 11.3 Å². The van der Waals surface area contributed by atoms with Gasteiger partial charge in [0.15, 0.2) is 0 Å². The fraction of sp³-hybridized carbons (Fsp3) is 0.412. The SMILES string of the molecule is CC(C)(C)NCC(Cc1cccs1)c1ccccc1. The third-order valence-corrected chi connectivity index (χ3v) is 4.08. The molecule has 0 amide bonds. The molecule has 1 aromatic heterocycles. The van der Waals surface area contributed by atoms with Crippen molar-refractivity contribution in [2.75, 3.05) is 6.54 Å². The van der Waals surface area contributed by atoms with Crippen LogP contribution in [0.1, 0.15) is 37.1 Å². The van der Waals surface area contributed by atoms with Gasteiger partial charge in [0.25, 0.3) is 0 Å². The van der Waals surface area contributed by atoms with E-state index in [-0.39, 0.29) is 5.54 Å². The van der Waals surface area contributed by atoms with Crippen LogP contribution in [0.25, 0.3) is 0 Å². The lowest BCUT2D eigenvalue weighted by Crippen LogP contribution is -2.38. The normalized spacial score (nSPS) is 13.4. The van der Waals surface area contributed by atoms with E-state index in [0.29, 0.717) is 5.92 Å². The highest BCUT2D eigenvalue weighted by Crippen LogP contribution is 2.23. The Balaban J connectivity index is 2.09. The first-order chi connectivity index (χ1) is 9.04. The number of rotatable bonds is 5. The van der Waals surface area contributed by atoms with Crippen molar-refractivity contribution in [3.05, 3.63) is 58.3 Å². The van der Waals surface area contributed by atoms with Gasteiger partial charge < -0.3 is 5.32 Å². The molecule has 0 aliphatic heterocycles. The summed E-state index contributed by atoms with van der Waals surface area (Å²) in [5.74, 6) is 0.541. The van der Waals surface area contributed by atoms with Gasteiger partial charge in [0.05, 0.1) is 0 Å². The highest BCUT2D eigenvalue weighted by Gasteiger charge is 2.16. The summed E-state index contributed by atoms with van der Waals surface area (Å²) in [7, 11) is 0. The molecule has 102 valence electrons. The molecule has 0 radical (unpaired) electrons. The van der Waals surface area contributed by atoms with Gasteiger partial charge in [-0.2, -0.15) is 0 Å². The van der Waals surface area contributed by atoms with Crippen LogP contribution in [0.15, 0.2) is 47.8 Å². The molecular formula is C17H23NS. The van der Waals surface area contributed by atoms with Crippen LogP contribution in [0.4, 0.5) is 0 Å². The standard InChI is InChI=1S/C17H23NS/c1-17(2,3)18-13-15(12-16-10-7-11-19-16)14-8-5-4-6-9-14/h4-11,15,18H,12-13H2,1-3H3. The van der Waals surface area contributed by atoms with Crippen molar-refractivity contribution >= 4 is 11.3 Å². The number of nitrogens with one attached hydrogen (secondary N) is 1. The van der Waals surface area contributed by atoms with Crippen LogP contribution in [0.2, 0.25) is 0 Å². The fourth-order valence-electron chi connectivity index (χ4n) is 2.13. The Hall–Kier alpha value is -1.12. The van der Waals surface area contributed by atoms with Gasteiger partial charge in [-0.3, -0.25) is 0 Å². The van der Waals surface area contributed by atoms with Crippen LogP contribution in [0.3, 0.4) is 0 Å². The van der Waals surface area contributed by atoms with Gasteiger partial charge in [-0.15, -0.1) is 11.3 Å². The average molecular weight is 273 g/mol. The zero-order valence-electron chi connectivity index (χ0n) is 12.0.